The zero-order chi connectivity index (χ0) is 18.7. The van der Waals surface area contributed by atoms with Gasteiger partial charge in [-0.05, 0) is 55.8 Å². The van der Waals surface area contributed by atoms with E-state index in [0.29, 0.717) is 13.0 Å². The first kappa shape index (κ1) is 21.3. The molecular weight excluding hydrogens is 392 g/mol. The molecule has 0 bridgehead atoms. The van der Waals surface area contributed by atoms with Gasteiger partial charge in [-0.3, -0.25) is 4.79 Å². The number of piperidine rings is 1. The molecular formula is C22H29ClN2O2S. The van der Waals surface area contributed by atoms with Gasteiger partial charge in [-0.15, -0.1) is 23.7 Å². The second kappa shape index (κ2) is 9.40. The van der Waals surface area contributed by atoms with Crippen LogP contribution in [0.1, 0.15) is 42.5 Å². The first-order valence-corrected chi connectivity index (χ1v) is 10.8. The van der Waals surface area contributed by atoms with E-state index in [1.165, 1.54) is 20.9 Å². The number of rotatable bonds is 5. The average molecular weight is 421 g/mol. The Balaban J connectivity index is 0.00000225. The third-order valence-corrected chi connectivity index (χ3v) is 7.21. The summed E-state index contributed by atoms with van der Waals surface area (Å²) in [6.07, 6.45) is 5.22. The number of halogens is 1. The Morgan fingerprint density at radius 3 is 2.64 bits per heavy atom. The fraction of sp³-hybridized carbons (Fsp3) is 0.500. The van der Waals surface area contributed by atoms with Crippen molar-refractivity contribution in [2.24, 2.45) is 5.73 Å². The monoisotopic (exact) mass is 420 g/mol. The summed E-state index contributed by atoms with van der Waals surface area (Å²) in [5.74, 6) is 0.269. The predicted octanol–water partition coefficient (Wildman–Crippen LogP) is 4.36. The third-order valence-electron chi connectivity index (χ3n) is 5.80. The van der Waals surface area contributed by atoms with E-state index in [0.717, 1.165) is 51.8 Å². The van der Waals surface area contributed by atoms with Gasteiger partial charge in [-0.2, -0.15) is 0 Å². The van der Waals surface area contributed by atoms with Crippen LogP contribution in [0.5, 0.6) is 0 Å². The van der Waals surface area contributed by atoms with Crippen molar-refractivity contribution >= 4 is 29.7 Å². The lowest BCUT2D eigenvalue weighted by atomic mass is 9.85. The van der Waals surface area contributed by atoms with Gasteiger partial charge in [0.1, 0.15) is 5.60 Å². The molecule has 152 valence electrons. The van der Waals surface area contributed by atoms with Crippen molar-refractivity contribution < 1.29 is 9.53 Å². The van der Waals surface area contributed by atoms with E-state index >= 15 is 0 Å². The second-order valence-corrected chi connectivity index (χ2v) is 8.60. The molecule has 4 rings (SSSR count). The summed E-state index contributed by atoms with van der Waals surface area (Å²) in [6, 6.07) is 12.9. The summed E-state index contributed by atoms with van der Waals surface area (Å²) in [5, 5.41) is 0. The van der Waals surface area contributed by atoms with Crippen LogP contribution in [0.2, 0.25) is 0 Å². The van der Waals surface area contributed by atoms with Crippen LogP contribution in [0, 0.1) is 0 Å². The minimum Gasteiger partial charge on any atom is -0.369 e. The summed E-state index contributed by atoms with van der Waals surface area (Å²) >= 11 is 1.88. The van der Waals surface area contributed by atoms with E-state index in [1.54, 1.807) is 0 Å². The fourth-order valence-corrected chi connectivity index (χ4v) is 5.65. The lowest BCUT2D eigenvalue weighted by Gasteiger charge is -2.43. The average Bonchev–Trinajstić information content (AvgIpc) is 3.15. The molecule has 1 saturated heterocycles. The van der Waals surface area contributed by atoms with Crippen LogP contribution in [0.25, 0.3) is 10.4 Å². The van der Waals surface area contributed by atoms with Crippen LogP contribution in [-0.2, 0) is 21.6 Å². The highest BCUT2D eigenvalue weighted by atomic mass is 35.5. The highest BCUT2D eigenvalue weighted by Crippen LogP contribution is 2.47. The van der Waals surface area contributed by atoms with Crippen molar-refractivity contribution in [3.8, 4) is 10.4 Å². The smallest absolute Gasteiger partial charge is 0.222 e. The number of unbranched alkanes of at least 4 members (excludes halogenated alkanes) is 1. The van der Waals surface area contributed by atoms with Crippen molar-refractivity contribution in [2.75, 3.05) is 26.2 Å². The van der Waals surface area contributed by atoms with Crippen LogP contribution in [0.3, 0.4) is 0 Å². The Kier molecular flexibility index (Phi) is 7.15. The van der Waals surface area contributed by atoms with Gasteiger partial charge in [0.15, 0.2) is 0 Å². The predicted molar refractivity (Wildman–Crippen MR) is 117 cm³/mol. The number of carbonyl (C=O) groups is 1. The maximum atomic E-state index is 12.4. The number of hydrogen-bond acceptors (Lipinski definition) is 4. The summed E-state index contributed by atoms with van der Waals surface area (Å²) < 4.78 is 6.36. The summed E-state index contributed by atoms with van der Waals surface area (Å²) in [6.45, 7) is 3.02. The van der Waals surface area contributed by atoms with Crippen molar-refractivity contribution in [1.82, 2.24) is 4.90 Å². The van der Waals surface area contributed by atoms with Gasteiger partial charge in [0, 0.05) is 29.3 Å². The topological polar surface area (TPSA) is 55.6 Å². The molecule has 2 aliphatic rings. The van der Waals surface area contributed by atoms with Gasteiger partial charge in [-0.1, -0.05) is 30.3 Å². The lowest BCUT2D eigenvalue weighted by molar-refractivity contribution is -0.140. The zero-order valence-corrected chi connectivity index (χ0v) is 17.8. The van der Waals surface area contributed by atoms with E-state index in [4.69, 9.17) is 10.5 Å². The molecule has 2 aromatic rings. The third kappa shape index (κ3) is 4.28. The molecule has 0 aliphatic carbocycles. The first-order chi connectivity index (χ1) is 13.2. The molecule has 6 heteroatoms. The van der Waals surface area contributed by atoms with Gasteiger partial charge in [0.2, 0.25) is 5.91 Å². The standard InChI is InChI=1S/C22H28N2O2S.ClH/c23-12-5-4-8-20(25)24-13-10-22(11-14-24)21-18(9-15-26-22)16-19(27-21)17-6-2-1-3-7-17;/h1-3,6-7,16H,4-5,8-15,23H2;1H. The molecule has 1 fully saturated rings. The summed E-state index contributed by atoms with van der Waals surface area (Å²) in [4.78, 5) is 17.2. The van der Waals surface area contributed by atoms with Crippen LogP contribution >= 0.6 is 23.7 Å². The molecule has 0 saturated carbocycles. The molecule has 28 heavy (non-hydrogen) atoms. The maximum Gasteiger partial charge on any atom is 0.222 e. The Hall–Kier alpha value is -1.40. The Bertz CT molecular complexity index is 785. The molecule has 0 atom stereocenters. The van der Waals surface area contributed by atoms with Crippen molar-refractivity contribution in [3.05, 3.63) is 46.8 Å². The van der Waals surface area contributed by atoms with Gasteiger partial charge < -0.3 is 15.4 Å². The minimum absolute atomic E-state index is 0. The zero-order valence-electron chi connectivity index (χ0n) is 16.2. The number of thiophene rings is 1. The lowest BCUT2D eigenvalue weighted by Crippen LogP contribution is -2.47. The molecule has 1 amide bonds. The van der Waals surface area contributed by atoms with Crippen LogP contribution in [0.15, 0.2) is 36.4 Å². The fourth-order valence-electron chi connectivity index (χ4n) is 4.23. The molecule has 1 spiro atoms. The summed E-state index contributed by atoms with van der Waals surface area (Å²) in [5.41, 5.74) is 8.06. The van der Waals surface area contributed by atoms with Crippen LogP contribution in [-0.4, -0.2) is 37.0 Å². The second-order valence-electron chi connectivity index (χ2n) is 7.55. The molecule has 2 N–H and O–H groups in total. The number of likely N-dealkylation sites (tertiary alicyclic amines) is 1. The molecule has 0 unspecified atom stereocenters. The minimum atomic E-state index is -0.195. The largest absolute Gasteiger partial charge is 0.369 e. The van der Waals surface area contributed by atoms with E-state index < -0.39 is 0 Å². The highest BCUT2D eigenvalue weighted by molar-refractivity contribution is 7.15. The number of ether oxygens (including phenoxy) is 1. The molecule has 1 aromatic carbocycles. The Morgan fingerprint density at radius 1 is 1.18 bits per heavy atom. The van der Waals surface area contributed by atoms with Crippen molar-refractivity contribution in [3.63, 3.8) is 0 Å². The van der Waals surface area contributed by atoms with Gasteiger partial charge in [0.25, 0.3) is 0 Å². The molecule has 4 nitrogen and oxygen atoms in total. The number of benzene rings is 1. The number of amides is 1. The number of nitrogens with zero attached hydrogens (tertiary/aromatic N) is 1. The molecule has 3 heterocycles. The van der Waals surface area contributed by atoms with Gasteiger partial charge in [0.05, 0.1) is 6.61 Å². The van der Waals surface area contributed by atoms with Crippen molar-refractivity contribution in [1.29, 1.82) is 0 Å². The summed E-state index contributed by atoms with van der Waals surface area (Å²) in [7, 11) is 0. The number of nitrogens with two attached hydrogens (primary N) is 1. The van der Waals surface area contributed by atoms with Crippen molar-refractivity contribution in [2.45, 2.75) is 44.1 Å². The van der Waals surface area contributed by atoms with E-state index in [1.807, 2.05) is 16.2 Å². The maximum absolute atomic E-state index is 12.4. The van der Waals surface area contributed by atoms with Gasteiger partial charge in [-0.25, -0.2) is 0 Å². The molecule has 2 aliphatic heterocycles. The van der Waals surface area contributed by atoms with Gasteiger partial charge >= 0.3 is 0 Å². The first-order valence-electron chi connectivity index (χ1n) is 10.0. The van der Waals surface area contributed by atoms with Crippen LogP contribution in [0.4, 0.5) is 0 Å². The Labute approximate surface area is 177 Å². The van der Waals surface area contributed by atoms with E-state index in [2.05, 4.69) is 36.4 Å². The van der Waals surface area contributed by atoms with E-state index in [-0.39, 0.29) is 23.9 Å². The number of hydrogen-bond donors (Lipinski definition) is 1. The SMILES string of the molecule is Cl.NCCCCC(=O)N1CCC2(CC1)OCCc1cc(-c3ccccc3)sc12. The Morgan fingerprint density at radius 2 is 1.93 bits per heavy atom. The van der Waals surface area contributed by atoms with E-state index in [9.17, 15) is 4.79 Å². The van der Waals surface area contributed by atoms with Crippen LogP contribution < -0.4 is 5.73 Å². The normalized spacial score (nSPS) is 17.8. The number of fused-ring (bicyclic) bond motifs is 2. The highest BCUT2D eigenvalue weighted by Gasteiger charge is 2.43. The number of carbonyl (C=O) groups excluding carboxylic acids is 1. The quantitative estimate of drug-likeness (QED) is 0.731. The molecule has 0 radical (unpaired) electrons. The molecule has 1 aromatic heterocycles.